The van der Waals surface area contributed by atoms with Gasteiger partial charge >= 0.3 is 0 Å². The Morgan fingerprint density at radius 2 is 2.03 bits per heavy atom. The highest BCUT2D eigenvalue weighted by atomic mass is 32.1. The van der Waals surface area contributed by atoms with Gasteiger partial charge in [-0.2, -0.15) is 0 Å². The molecule has 158 valence electrons. The maximum Gasteiger partial charge on any atom is 0.229 e. The minimum Gasteiger partial charge on any atom is -0.325 e. The summed E-state index contributed by atoms with van der Waals surface area (Å²) in [5.41, 5.74) is 1.75. The molecule has 2 aromatic rings. The van der Waals surface area contributed by atoms with E-state index in [0.29, 0.717) is 12.5 Å². The van der Waals surface area contributed by atoms with Crippen LogP contribution in [0.2, 0.25) is 0 Å². The van der Waals surface area contributed by atoms with Gasteiger partial charge in [-0.05, 0) is 48.1 Å². The highest BCUT2D eigenvalue weighted by Gasteiger charge is 2.62. The normalized spacial score (nSPS) is 32.8. The van der Waals surface area contributed by atoms with Crippen LogP contribution in [-0.2, 0) is 16.1 Å². The molecule has 5 rings (SSSR count). The first-order chi connectivity index (χ1) is 14.6. The smallest absolute Gasteiger partial charge is 0.229 e. The fourth-order valence-electron chi connectivity index (χ4n) is 5.54. The average molecular weight is 423 g/mol. The summed E-state index contributed by atoms with van der Waals surface area (Å²) in [5, 5.41) is 2.08. The van der Waals surface area contributed by atoms with E-state index in [1.807, 2.05) is 4.90 Å². The summed E-state index contributed by atoms with van der Waals surface area (Å²) < 4.78 is 6.70. The fourth-order valence-corrected chi connectivity index (χ4v) is 6.23. The third kappa shape index (κ3) is 3.23. The summed E-state index contributed by atoms with van der Waals surface area (Å²) in [6.45, 7) is 5.07. The maximum absolute atomic E-state index is 13.7. The number of nitrogens with zero attached hydrogens (tertiary/aromatic N) is 2. The molecule has 0 N–H and O–H groups in total. The van der Waals surface area contributed by atoms with Crippen LogP contribution in [0.5, 0.6) is 0 Å². The van der Waals surface area contributed by atoms with Gasteiger partial charge in [-0.3, -0.25) is 9.79 Å². The molecule has 1 aromatic heterocycles. The Kier molecular flexibility index (Phi) is 5.28. The van der Waals surface area contributed by atoms with E-state index in [4.69, 9.17) is 9.73 Å². The molecule has 1 aromatic carbocycles. The van der Waals surface area contributed by atoms with Gasteiger partial charge in [-0.25, -0.2) is 0 Å². The predicted molar refractivity (Wildman–Crippen MR) is 121 cm³/mol. The molecule has 2 aliphatic heterocycles. The minimum absolute atomic E-state index is 0.0206. The fraction of sp³-hybridized carbons (Fsp3) is 0.520. The summed E-state index contributed by atoms with van der Waals surface area (Å²) in [7, 11) is 0. The van der Waals surface area contributed by atoms with Crippen LogP contribution in [0.3, 0.4) is 0 Å². The molecule has 2 bridgehead atoms. The SMILES string of the molecule is CCCC[C@@H]1N=C2C[C@H](c3ccccc3)[C@@H](C)C3C[C@@]2(O1)N(Cc1cccs1)C3=O. The monoisotopic (exact) mass is 422 g/mol. The van der Waals surface area contributed by atoms with Gasteiger partial charge in [0.15, 0.2) is 12.0 Å². The minimum atomic E-state index is -0.651. The number of unbranched alkanes of at least 4 members (excludes halogenated alkanes) is 1. The number of amides is 1. The van der Waals surface area contributed by atoms with Gasteiger partial charge in [0, 0.05) is 17.2 Å². The molecule has 1 spiro atoms. The highest BCUT2D eigenvalue weighted by molar-refractivity contribution is 7.09. The van der Waals surface area contributed by atoms with Crippen molar-refractivity contribution >= 4 is 23.0 Å². The van der Waals surface area contributed by atoms with Crippen molar-refractivity contribution < 1.29 is 9.53 Å². The summed E-state index contributed by atoms with van der Waals surface area (Å²) in [6.07, 6.45) is 4.64. The van der Waals surface area contributed by atoms with E-state index in [-0.39, 0.29) is 24.0 Å². The lowest BCUT2D eigenvalue weighted by Gasteiger charge is -2.37. The Labute approximate surface area is 183 Å². The molecule has 5 heteroatoms. The van der Waals surface area contributed by atoms with Crippen molar-refractivity contribution in [2.24, 2.45) is 16.8 Å². The second kappa shape index (κ2) is 7.93. The molecular formula is C25H30N2O2S. The third-order valence-corrected chi connectivity index (χ3v) is 8.07. The molecule has 4 nitrogen and oxygen atoms in total. The summed E-state index contributed by atoms with van der Waals surface area (Å²) in [4.78, 5) is 22.0. The van der Waals surface area contributed by atoms with E-state index in [1.165, 1.54) is 10.4 Å². The summed E-state index contributed by atoms with van der Waals surface area (Å²) >= 11 is 1.71. The van der Waals surface area contributed by atoms with Crippen molar-refractivity contribution in [3.8, 4) is 0 Å². The van der Waals surface area contributed by atoms with Gasteiger partial charge in [0.25, 0.3) is 0 Å². The number of carbonyl (C=O) groups excluding carboxylic acids is 1. The lowest BCUT2D eigenvalue weighted by Crippen LogP contribution is -2.52. The lowest BCUT2D eigenvalue weighted by atomic mass is 9.78. The van der Waals surface area contributed by atoms with E-state index >= 15 is 0 Å². The van der Waals surface area contributed by atoms with Crippen molar-refractivity contribution in [1.29, 1.82) is 0 Å². The number of aliphatic imine (C=N–C) groups is 1. The number of hydrogen-bond acceptors (Lipinski definition) is 4. The standard InChI is InChI=1S/C25H30N2O2S/c1-3-4-12-23-26-22-14-20(18-9-6-5-7-10-18)17(2)21-15-25(22,29-23)27(24(21)28)16-19-11-8-13-30-19/h5-11,13,17,20-21,23H,3-4,12,14-16H2,1-2H3/t17-,20+,21?,23-,25+/m1/s1. The Bertz CT molecular complexity index is 926. The number of likely N-dealkylation sites (tertiary alicyclic amines) is 1. The van der Waals surface area contributed by atoms with Crippen LogP contribution < -0.4 is 0 Å². The first kappa shape index (κ1) is 20.0. The first-order valence-electron chi connectivity index (χ1n) is 11.3. The van der Waals surface area contributed by atoms with Crippen molar-refractivity contribution in [2.45, 2.75) is 70.4 Å². The van der Waals surface area contributed by atoms with Crippen molar-refractivity contribution in [1.82, 2.24) is 4.90 Å². The number of fused-ring (bicyclic) bond motifs is 1. The zero-order valence-corrected chi connectivity index (χ0v) is 18.6. The maximum atomic E-state index is 13.7. The number of ether oxygens (including phenoxy) is 1. The molecule has 1 aliphatic carbocycles. The van der Waals surface area contributed by atoms with Crippen LogP contribution in [0.4, 0.5) is 0 Å². The Morgan fingerprint density at radius 1 is 1.20 bits per heavy atom. The third-order valence-electron chi connectivity index (χ3n) is 7.21. The van der Waals surface area contributed by atoms with Crippen LogP contribution >= 0.6 is 11.3 Å². The van der Waals surface area contributed by atoms with Crippen molar-refractivity contribution in [2.75, 3.05) is 0 Å². The van der Waals surface area contributed by atoms with Crippen molar-refractivity contribution in [3.05, 3.63) is 58.3 Å². The number of rotatable bonds is 6. The van der Waals surface area contributed by atoms with Gasteiger partial charge in [0.2, 0.25) is 5.91 Å². The molecule has 5 atom stereocenters. The van der Waals surface area contributed by atoms with Gasteiger partial charge in [0.05, 0.1) is 12.3 Å². The van der Waals surface area contributed by atoms with Gasteiger partial charge in [0.1, 0.15) is 0 Å². The van der Waals surface area contributed by atoms with E-state index in [1.54, 1.807) is 11.3 Å². The molecule has 30 heavy (non-hydrogen) atoms. The van der Waals surface area contributed by atoms with E-state index < -0.39 is 5.72 Å². The Balaban J connectivity index is 1.54. The van der Waals surface area contributed by atoms with Crippen LogP contribution in [0.1, 0.15) is 62.3 Å². The molecule has 1 saturated heterocycles. The molecule has 1 amide bonds. The molecular weight excluding hydrogens is 392 g/mol. The van der Waals surface area contributed by atoms with Crippen LogP contribution in [0.25, 0.3) is 0 Å². The summed E-state index contributed by atoms with van der Waals surface area (Å²) in [5.74, 6) is 0.780. The van der Waals surface area contributed by atoms with Crippen LogP contribution in [0.15, 0.2) is 52.8 Å². The number of thiophene rings is 1. The Hall–Kier alpha value is -1.98. The predicted octanol–water partition coefficient (Wildman–Crippen LogP) is 5.60. The van der Waals surface area contributed by atoms with Crippen LogP contribution in [-0.4, -0.2) is 28.5 Å². The van der Waals surface area contributed by atoms with E-state index in [2.05, 4.69) is 61.7 Å². The van der Waals surface area contributed by atoms with E-state index in [0.717, 1.165) is 37.8 Å². The van der Waals surface area contributed by atoms with E-state index in [9.17, 15) is 4.79 Å². The second-order valence-corrected chi connectivity index (χ2v) is 10.0. The zero-order valence-electron chi connectivity index (χ0n) is 17.8. The summed E-state index contributed by atoms with van der Waals surface area (Å²) in [6, 6.07) is 14.8. The first-order valence-corrected chi connectivity index (χ1v) is 12.1. The van der Waals surface area contributed by atoms with Crippen LogP contribution in [0, 0.1) is 11.8 Å². The molecule has 3 heterocycles. The highest BCUT2D eigenvalue weighted by Crippen LogP contribution is 2.53. The molecule has 1 unspecified atom stereocenters. The van der Waals surface area contributed by atoms with Gasteiger partial charge < -0.3 is 9.64 Å². The molecule has 2 fully saturated rings. The molecule has 3 aliphatic rings. The van der Waals surface area contributed by atoms with Crippen molar-refractivity contribution in [3.63, 3.8) is 0 Å². The van der Waals surface area contributed by atoms with Gasteiger partial charge in [-0.15, -0.1) is 11.3 Å². The number of benzene rings is 1. The topological polar surface area (TPSA) is 41.9 Å². The quantitative estimate of drug-likeness (QED) is 0.608. The number of carbonyl (C=O) groups is 1. The lowest BCUT2D eigenvalue weighted by molar-refractivity contribution is -0.150. The zero-order chi connectivity index (χ0) is 20.7. The average Bonchev–Trinajstić information content (AvgIpc) is 3.44. The molecule has 0 radical (unpaired) electrons. The Morgan fingerprint density at radius 3 is 2.77 bits per heavy atom. The second-order valence-electron chi connectivity index (χ2n) is 8.97. The van der Waals surface area contributed by atoms with Gasteiger partial charge in [-0.1, -0.05) is 56.7 Å². The number of hydrogen-bond donors (Lipinski definition) is 0. The molecule has 1 saturated carbocycles. The largest absolute Gasteiger partial charge is 0.325 e.